The number of hydrogen-bond donors (Lipinski definition) is 0. The molecule has 1 heterocycles. The highest BCUT2D eigenvalue weighted by Gasteiger charge is 2.48. The fraction of sp³-hybridized carbons (Fsp3) is 0.579. The van der Waals surface area contributed by atoms with Crippen molar-refractivity contribution in [2.45, 2.75) is 45.6 Å². The number of likely N-dealkylation sites (tertiary alicyclic amines) is 1. The highest BCUT2D eigenvalue weighted by Crippen LogP contribution is 2.46. The van der Waals surface area contributed by atoms with Gasteiger partial charge in [-0.3, -0.25) is 4.79 Å². The van der Waals surface area contributed by atoms with Gasteiger partial charge in [0.2, 0.25) is 0 Å². The Morgan fingerprint density at radius 2 is 1.88 bits per heavy atom. The van der Waals surface area contributed by atoms with Crippen molar-refractivity contribution in [1.29, 1.82) is 0 Å². The molecule has 6 heteroatoms. The first kappa shape index (κ1) is 18.1. The summed E-state index contributed by atoms with van der Waals surface area (Å²) in [7, 11) is 1.57. The largest absolute Gasteiger partial charge is 0.495 e. The summed E-state index contributed by atoms with van der Waals surface area (Å²) in [6, 6.07) is 3.58. The Morgan fingerprint density at radius 3 is 2.44 bits per heavy atom. The normalized spacial score (nSPS) is 19.1. The number of piperidine rings is 1. The highest BCUT2D eigenvalue weighted by molar-refractivity contribution is 6.32. The highest BCUT2D eigenvalue weighted by atomic mass is 35.5. The molecule has 1 aliphatic carbocycles. The van der Waals surface area contributed by atoms with E-state index in [4.69, 9.17) is 21.1 Å². The van der Waals surface area contributed by atoms with Gasteiger partial charge in [-0.2, -0.15) is 0 Å². The molecule has 0 aromatic heterocycles. The number of Topliss-reactive ketones (excluding diaryl/α,β-unsaturated/α-hetero) is 1. The minimum Gasteiger partial charge on any atom is -0.495 e. The van der Waals surface area contributed by atoms with Crippen LogP contribution in [0.2, 0.25) is 5.02 Å². The second-order valence-corrected chi connectivity index (χ2v) is 8.30. The number of nitrogens with zero attached hydrogens (tertiary/aromatic N) is 1. The summed E-state index contributed by atoms with van der Waals surface area (Å²) in [4.78, 5) is 26.9. The van der Waals surface area contributed by atoms with Gasteiger partial charge >= 0.3 is 6.09 Å². The van der Waals surface area contributed by atoms with Gasteiger partial charge in [0.05, 0.1) is 12.1 Å². The van der Waals surface area contributed by atoms with Crippen molar-refractivity contribution in [3.05, 3.63) is 28.3 Å². The lowest BCUT2D eigenvalue weighted by Crippen LogP contribution is -2.47. The van der Waals surface area contributed by atoms with Crippen molar-refractivity contribution in [2.24, 2.45) is 5.41 Å². The SMILES string of the molecule is COc1cc2c(cc1Cl)C(=O)C1(CCN(C(=O)OC(C)(C)C)CC1)C2. The molecule has 0 saturated carbocycles. The number of ketones is 1. The van der Waals surface area contributed by atoms with Crippen LogP contribution in [0.5, 0.6) is 5.75 Å². The molecule has 2 aliphatic rings. The van der Waals surface area contributed by atoms with E-state index in [1.54, 1.807) is 18.1 Å². The van der Waals surface area contributed by atoms with Crippen LogP contribution in [0, 0.1) is 5.41 Å². The van der Waals surface area contributed by atoms with Crippen LogP contribution in [0.3, 0.4) is 0 Å². The molecular weight excluding hydrogens is 342 g/mol. The lowest BCUT2D eigenvalue weighted by Gasteiger charge is -2.38. The van der Waals surface area contributed by atoms with Crippen molar-refractivity contribution in [2.75, 3.05) is 20.2 Å². The van der Waals surface area contributed by atoms with Gasteiger partial charge < -0.3 is 14.4 Å². The molecule has 1 saturated heterocycles. The number of halogens is 1. The summed E-state index contributed by atoms with van der Waals surface area (Å²) in [5.41, 5.74) is 0.726. The van der Waals surface area contributed by atoms with Crippen LogP contribution in [-0.4, -0.2) is 42.6 Å². The molecule has 0 radical (unpaired) electrons. The Bertz CT molecular complexity index is 715. The molecule has 136 valence electrons. The standard InChI is InChI=1S/C19H24ClNO4/c1-18(2,3)25-17(23)21-7-5-19(6-8-21)11-12-9-15(24-4)14(20)10-13(12)16(19)22/h9-10H,5-8,11H2,1-4H3. The van der Waals surface area contributed by atoms with E-state index in [0.717, 1.165) is 5.56 Å². The topological polar surface area (TPSA) is 55.8 Å². The molecule has 0 N–H and O–H groups in total. The number of methoxy groups -OCH3 is 1. The maximum Gasteiger partial charge on any atom is 0.410 e. The van der Waals surface area contributed by atoms with Crippen LogP contribution in [0.4, 0.5) is 4.79 Å². The van der Waals surface area contributed by atoms with Gasteiger partial charge in [-0.05, 0) is 57.7 Å². The molecule has 1 aromatic rings. The van der Waals surface area contributed by atoms with E-state index in [0.29, 0.717) is 48.7 Å². The van der Waals surface area contributed by atoms with Crippen molar-refractivity contribution < 1.29 is 19.1 Å². The average molecular weight is 366 g/mol. The molecule has 1 aliphatic heterocycles. The summed E-state index contributed by atoms with van der Waals surface area (Å²) in [6.07, 6.45) is 1.64. The zero-order valence-electron chi connectivity index (χ0n) is 15.1. The lowest BCUT2D eigenvalue weighted by atomic mass is 9.75. The van der Waals surface area contributed by atoms with Crippen LogP contribution < -0.4 is 4.74 Å². The monoisotopic (exact) mass is 365 g/mol. The van der Waals surface area contributed by atoms with Crippen molar-refractivity contribution in [3.8, 4) is 5.75 Å². The van der Waals surface area contributed by atoms with E-state index in [1.807, 2.05) is 26.8 Å². The first-order chi connectivity index (χ1) is 11.6. The van der Waals surface area contributed by atoms with Crippen LogP contribution >= 0.6 is 11.6 Å². The minimum atomic E-state index is -0.515. The third kappa shape index (κ3) is 3.34. The number of carbonyl (C=O) groups is 2. The summed E-state index contributed by atoms with van der Waals surface area (Å²) >= 11 is 6.18. The number of rotatable bonds is 1. The third-order valence-corrected chi connectivity index (χ3v) is 5.30. The number of ether oxygens (including phenoxy) is 2. The predicted octanol–water partition coefficient (Wildman–Crippen LogP) is 4.10. The van der Waals surface area contributed by atoms with Crippen LogP contribution in [-0.2, 0) is 11.2 Å². The number of amides is 1. The Kier molecular flexibility index (Phi) is 4.48. The van der Waals surface area contributed by atoms with Gasteiger partial charge in [-0.1, -0.05) is 11.6 Å². The van der Waals surface area contributed by atoms with E-state index in [-0.39, 0.29) is 11.9 Å². The predicted molar refractivity (Wildman–Crippen MR) is 95.5 cm³/mol. The summed E-state index contributed by atoms with van der Waals surface area (Å²) in [6.45, 7) is 6.61. The molecule has 3 rings (SSSR count). The Hall–Kier alpha value is -1.75. The van der Waals surface area contributed by atoms with Gasteiger partial charge in [0.15, 0.2) is 5.78 Å². The molecular formula is C19H24ClNO4. The summed E-state index contributed by atoms with van der Waals surface area (Å²) < 4.78 is 10.7. The van der Waals surface area contributed by atoms with Crippen molar-refractivity contribution >= 4 is 23.5 Å². The quantitative estimate of drug-likeness (QED) is 0.751. The van der Waals surface area contributed by atoms with E-state index in [2.05, 4.69) is 0 Å². The molecule has 1 fully saturated rings. The van der Waals surface area contributed by atoms with Gasteiger partial charge in [0.25, 0.3) is 0 Å². The van der Waals surface area contributed by atoms with E-state index in [9.17, 15) is 9.59 Å². The Balaban J connectivity index is 1.74. The molecule has 25 heavy (non-hydrogen) atoms. The van der Waals surface area contributed by atoms with Crippen LogP contribution in [0.15, 0.2) is 12.1 Å². The summed E-state index contributed by atoms with van der Waals surface area (Å²) in [5, 5.41) is 0.456. The number of fused-ring (bicyclic) bond motifs is 1. The number of carbonyl (C=O) groups excluding carboxylic acids is 2. The van der Waals surface area contributed by atoms with E-state index in [1.165, 1.54) is 0 Å². The molecule has 0 unspecified atom stereocenters. The summed E-state index contributed by atoms with van der Waals surface area (Å²) in [5.74, 6) is 0.729. The van der Waals surface area contributed by atoms with Gasteiger partial charge in [-0.15, -0.1) is 0 Å². The van der Waals surface area contributed by atoms with Crippen molar-refractivity contribution in [1.82, 2.24) is 4.90 Å². The lowest BCUT2D eigenvalue weighted by molar-refractivity contribution is 0.0114. The Labute approximate surface area is 153 Å². The van der Waals surface area contributed by atoms with Gasteiger partial charge in [0, 0.05) is 24.1 Å². The van der Waals surface area contributed by atoms with Crippen LogP contribution in [0.25, 0.3) is 0 Å². The van der Waals surface area contributed by atoms with Gasteiger partial charge in [0.1, 0.15) is 11.4 Å². The third-order valence-electron chi connectivity index (χ3n) is 5.01. The molecule has 1 aromatic carbocycles. The fourth-order valence-electron chi connectivity index (χ4n) is 3.69. The van der Waals surface area contributed by atoms with Gasteiger partial charge in [-0.25, -0.2) is 4.79 Å². The smallest absolute Gasteiger partial charge is 0.410 e. The molecule has 5 nitrogen and oxygen atoms in total. The van der Waals surface area contributed by atoms with E-state index < -0.39 is 11.0 Å². The first-order valence-corrected chi connectivity index (χ1v) is 8.92. The molecule has 0 bridgehead atoms. The maximum atomic E-state index is 13.0. The zero-order chi connectivity index (χ0) is 18.4. The van der Waals surface area contributed by atoms with E-state index >= 15 is 0 Å². The Morgan fingerprint density at radius 1 is 1.24 bits per heavy atom. The fourth-order valence-corrected chi connectivity index (χ4v) is 3.93. The minimum absolute atomic E-state index is 0.135. The average Bonchev–Trinajstić information content (AvgIpc) is 2.78. The second kappa shape index (κ2) is 6.20. The molecule has 0 atom stereocenters. The maximum absolute atomic E-state index is 13.0. The number of hydrogen-bond acceptors (Lipinski definition) is 4. The molecule has 1 spiro atoms. The molecule has 1 amide bonds. The second-order valence-electron chi connectivity index (χ2n) is 7.90. The van der Waals surface area contributed by atoms with Crippen molar-refractivity contribution in [3.63, 3.8) is 0 Å². The number of benzene rings is 1. The zero-order valence-corrected chi connectivity index (χ0v) is 15.9. The first-order valence-electron chi connectivity index (χ1n) is 8.54. The van der Waals surface area contributed by atoms with Crippen LogP contribution in [0.1, 0.15) is 49.5 Å².